The van der Waals surface area contributed by atoms with E-state index in [0.29, 0.717) is 0 Å². The van der Waals surface area contributed by atoms with Gasteiger partial charge in [0, 0.05) is 0 Å². The summed E-state index contributed by atoms with van der Waals surface area (Å²) >= 11 is 0. The molecule has 0 rings (SSSR count). The summed E-state index contributed by atoms with van der Waals surface area (Å²) in [4.78, 5) is 0. The first-order valence-corrected chi connectivity index (χ1v) is 0. The van der Waals surface area contributed by atoms with Crippen LogP contribution in [0, 0.1) is 0 Å². The zero-order valence-electron chi connectivity index (χ0n) is 2.23. The Hall–Kier alpha value is 2.54. The summed E-state index contributed by atoms with van der Waals surface area (Å²) in [6, 6.07) is 0. The van der Waals surface area contributed by atoms with Crippen LogP contribution in [0.25, 0.3) is 0 Å². The average molecular weight is 289 g/mol. The quantitative estimate of drug-likeness (QED) is 0.550. The summed E-state index contributed by atoms with van der Waals surface area (Å²) in [6.45, 7) is 0. The van der Waals surface area contributed by atoms with Crippen molar-refractivity contribution in [1.82, 2.24) is 0 Å². The van der Waals surface area contributed by atoms with Crippen LogP contribution in [-0.4, -0.2) is 0 Å². The van der Waals surface area contributed by atoms with E-state index in [1.807, 2.05) is 0 Å². The summed E-state index contributed by atoms with van der Waals surface area (Å²) in [5.74, 6) is 0. The molecule has 0 spiro atoms. The third-order valence-corrected chi connectivity index (χ3v) is 0. The number of hydrogen-bond donors (Lipinski definition) is 0. The van der Waals surface area contributed by atoms with E-state index >= 15 is 0 Å². The van der Waals surface area contributed by atoms with Crippen LogP contribution >= 0.6 is 0 Å². The molecule has 4 heteroatoms. The van der Waals surface area contributed by atoms with Crippen molar-refractivity contribution in [3.8, 4) is 0 Å². The summed E-state index contributed by atoms with van der Waals surface area (Å²) in [7, 11) is 0. The fraction of sp³-hybridized carbons (Fsp3) is 0. The van der Waals surface area contributed by atoms with Crippen LogP contribution in [-0.2, 0) is 81.6 Å². The van der Waals surface area contributed by atoms with Crippen molar-refractivity contribution in [2.75, 3.05) is 0 Å². The van der Waals surface area contributed by atoms with Gasteiger partial charge in [0.2, 0.25) is 0 Å². The maximum Gasteiger partial charge on any atom is 2.00 e. The van der Waals surface area contributed by atoms with Crippen LogP contribution in [0.15, 0.2) is 0 Å². The molecule has 0 amide bonds. The fourth-order valence-electron chi connectivity index (χ4n) is 0. The first-order chi connectivity index (χ1) is 0. The minimum atomic E-state index is 0. The summed E-state index contributed by atoms with van der Waals surface area (Å²) in [5.41, 5.74) is 0. The Labute approximate surface area is 80.3 Å². The maximum atomic E-state index is 0. The monoisotopic (exact) mass is 292 g/mol. The predicted octanol–water partition coefficient (Wildman–Crippen LogP) is -0.00980. The molecule has 0 aliphatic heterocycles. The molecule has 0 bridgehead atoms. The second-order valence-electron chi connectivity index (χ2n) is 0. The zero-order valence-corrected chi connectivity index (χ0v) is 11.9. The van der Waals surface area contributed by atoms with Crippen LogP contribution < -0.4 is 0 Å². The molecule has 0 nitrogen and oxygen atoms in total. The molecule has 0 atom stereocenters. The van der Waals surface area contributed by atoms with Gasteiger partial charge >= 0.3 is 54.6 Å². The molecule has 0 N–H and O–H groups in total. The Morgan fingerprint density at radius 1 is 0.500 bits per heavy atom. The predicted molar refractivity (Wildman–Crippen MR) is 14.7 cm³/mol. The molecule has 0 aromatic rings. The first kappa shape index (κ1) is 31.1. The van der Waals surface area contributed by atoms with Crippen molar-refractivity contribution in [2.24, 2.45) is 0 Å². The van der Waals surface area contributed by atoms with Crippen molar-refractivity contribution in [2.45, 2.75) is 0 Å². The van der Waals surface area contributed by atoms with Crippen molar-refractivity contribution >= 4 is 27.0 Å². The molecule has 16 valence electrons. The minimum absolute atomic E-state index is 0. The standard InChI is InChI=1S/2Cd.2S/q2*+2;2*-2. The van der Waals surface area contributed by atoms with Gasteiger partial charge in [0.05, 0.1) is 0 Å². The van der Waals surface area contributed by atoms with E-state index < -0.39 is 0 Å². The molecule has 0 aromatic heterocycles. The normalized spacial score (nSPS) is 0. The van der Waals surface area contributed by atoms with Crippen molar-refractivity contribution < 1.29 is 54.6 Å². The third-order valence-electron chi connectivity index (χ3n) is 0. The van der Waals surface area contributed by atoms with E-state index in [0.717, 1.165) is 0 Å². The summed E-state index contributed by atoms with van der Waals surface area (Å²) in [5, 5.41) is 0. The molecule has 0 saturated carbocycles. The molecule has 0 radical (unpaired) electrons. The van der Waals surface area contributed by atoms with Gasteiger partial charge in [-0.05, 0) is 0 Å². The Bertz CT molecular complexity index is 4.00. The second kappa shape index (κ2) is 17.7. The van der Waals surface area contributed by atoms with Gasteiger partial charge in [-0.15, -0.1) is 0 Å². The SMILES string of the molecule is [Cd+2].[Cd+2].[S-2].[S-2]. The van der Waals surface area contributed by atoms with E-state index in [1.54, 1.807) is 0 Å². The van der Waals surface area contributed by atoms with Crippen LogP contribution in [0.5, 0.6) is 0 Å². The zero-order chi connectivity index (χ0) is 0. The van der Waals surface area contributed by atoms with Crippen LogP contribution in [0.2, 0.25) is 0 Å². The fourth-order valence-corrected chi connectivity index (χ4v) is 0. The van der Waals surface area contributed by atoms with Crippen LogP contribution in [0.1, 0.15) is 0 Å². The molecular formula is Cd2S2. The molecule has 0 aliphatic carbocycles. The molecule has 0 aromatic carbocycles. The molecule has 0 aliphatic rings. The van der Waals surface area contributed by atoms with E-state index in [1.165, 1.54) is 0 Å². The van der Waals surface area contributed by atoms with Gasteiger partial charge in [-0.2, -0.15) is 0 Å². The minimum Gasteiger partial charge on any atom is -2.00 e. The van der Waals surface area contributed by atoms with Gasteiger partial charge < -0.3 is 27.0 Å². The molecule has 0 heterocycles. The molecule has 0 saturated heterocycles. The van der Waals surface area contributed by atoms with Gasteiger partial charge in [0.15, 0.2) is 0 Å². The Morgan fingerprint density at radius 3 is 0.500 bits per heavy atom. The molecule has 0 fully saturated rings. The largest absolute Gasteiger partial charge is 2.00 e. The molecular weight excluding hydrogens is 289 g/mol. The van der Waals surface area contributed by atoms with Crippen LogP contribution in [0.4, 0.5) is 0 Å². The third kappa shape index (κ3) is 8.82. The van der Waals surface area contributed by atoms with Gasteiger partial charge in [-0.25, -0.2) is 0 Å². The van der Waals surface area contributed by atoms with Gasteiger partial charge in [-0.3, -0.25) is 0 Å². The molecule has 4 heavy (non-hydrogen) atoms. The summed E-state index contributed by atoms with van der Waals surface area (Å²) in [6.07, 6.45) is 0. The number of hydrogen-bond acceptors (Lipinski definition) is 0. The van der Waals surface area contributed by atoms with Gasteiger partial charge in [0.1, 0.15) is 0 Å². The Morgan fingerprint density at radius 2 is 0.500 bits per heavy atom. The van der Waals surface area contributed by atoms with E-state index in [4.69, 9.17) is 0 Å². The first-order valence-electron chi connectivity index (χ1n) is 0. The van der Waals surface area contributed by atoms with Gasteiger partial charge in [0.25, 0.3) is 0 Å². The Balaban J connectivity index is 0. The van der Waals surface area contributed by atoms with E-state index in [-0.39, 0.29) is 81.6 Å². The smallest absolute Gasteiger partial charge is 2.00 e. The van der Waals surface area contributed by atoms with E-state index in [9.17, 15) is 0 Å². The van der Waals surface area contributed by atoms with Crippen molar-refractivity contribution in [3.05, 3.63) is 0 Å². The topological polar surface area (TPSA) is 0 Å². The van der Waals surface area contributed by atoms with Crippen molar-refractivity contribution in [3.63, 3.8) is 0 Å². The summed E-state index contributed by atoms with van der Waals surface area (Å²) < 4.78 is 0. The average Bonchev–Trinajstić information content (AvgIpc) is 0. The van der Waals surface area contributed by atoms with Crippen molar-refractivity contribution in [1.29, 1.82) is 0 Å². The maximum absolute atomic E-state index is 0. The second-order valence-corrected chi connectivity index (χ2v) is 0. The van der Waals surface area contributed by atoms with Gasteiger partial charge in [-0.1, -0.05) is 0 Å². The van der Waals surface area contributed by atoms with E-state index in [2.05, 4.69) is 0 Å². The molecule has 0 unspecified atom stereocenters. The van der Waals surface area contributed by atoms with Crippen LogP contribution in [0.3, 0.4) is 0 Å². The number of rotatable bonds is 0. The Kier molecular flexibility index (Phi) is 137.